The summed E-state index contributed by atoms with van der Waals surface area (Å²) >= 11 is 0. The Morgan fingerprint density at radius 1 is 1.21 bits per heavy atom. The van der Waals surface area contributed by atoms with E-state index in [1.54, 1.807) is 6.20 Å². The van der Waals surface area contributed by atoms with Crippen LogP contribution in [0.3, 0.4) is 0 Å². The number of benzene rings is 1. The van der Waals surface area contributed by atoms with Gasteiger partial charge in [0.25, 0.3) is 0 Å². The van der Waals surface area contributed by atoms with Crippen LogP contribution < -0.4 is 5.73 Å². The van der Waals surface area contributed by atoms with Crippen LogP contribution in [0.1, 0.15) is 11.5 Å². The maximum absolute atomic E-state index is 5.84. The van der Waals surface area contributed by atoms with Gasteiger partial charge in [-0.2, -0.15) is 0 Å². The third-order valence-corrected chi connectivity index (χ3v) is 2.31. The molecule has 1 heterocycles. The molecule has 2 nitrogen and oxygen atoms in total. The fourth-order valence-corrected chi connectivity index (χ4v) is 1.61. The second-order valence-electron chi connectivity index (χ2n) is 3.29. The van der Waals surface area contributed by atoms with Crippen LogP contribution in [-0.4, -0.2) is 5.84 Å². The molecular formula is C12H12N2. The monoisotopic (exact) mass is 184 g/mol. The number of aliphatic imine (C=N–C) groups is 1. The van der Waals surface area contributed by atoms with Gasteiger partial charge in [-0.05, 0) is 17.2 Å². The first kappa shape index (κ1) is 8.75. The lowest BCUT2D eigenvalue weighted by molar-refractivity contribution is 1.04. The van der Waals surface area contributed by atoms with Crippen molar-refractivity contribution in [3.8, 4) is 0 Å². The van der Waals surface area contributed by atoms with Crippen molar-refractivity contribution in [1.82, 2.24) is 0 Å². The minimum Gasteiger partial charge on any atom is -0.386 e. The van der Waals surface area contributed by atoms with Crippen LogP contribution >= 0.6 is 0 Å². The number of hydrogen-bond acceptors (Lipinski definition) is 2. The second-order valence-corrected chi connectivity index (χ2v) is 3.29. The first-order chi connectivity index (χ1) is 6.79. The first-order valence-corrected chi connectivity index (χ1v) is 4.52. The fraction of sp³-hybridized carbons (Fsp3) is 0.0833. The molecule has 0 aromatic heterocycles. The van der Waals surface area contributed by atoms with Gasteiger partial charge in [0.2, 0.25) is 0 Å². The molecule has 0 saturated carbocycles. The van der Waals surface area contributed by atoms with E-state index >= 15 is 0 Å². The van der Waals surface area contributed by atoms with Crippen LogP contribution in [-0.2, 0) is 0 Å². The first-order valence-electron chi connectivity index (χ1n) is 4.52. The number of rotatable bonds is 1. The molecular weight excluding hydrogens is 172 g/mol. The van der Waals surface area contributed by atoms with Gasteiger partial charge in [0, 0.05) is 6.20 Å². The summed E-state index contributed by atoms with van der Waals surface area (Å²) in [6.07, 6.45) is 3.59. The minimum atomic E-state index is 0.0428. The predicted molar refractivity (Wildman–Crippen MR) is 59.1 cm³/mol. The van der Waals surface area contributed by atoms with Gasteiger partial charge in [-0.3, -0.25) is 0 Å². The van der Waals surface area contributed by atoms with Crippen molar-refractivity contribution in [3.63, 3.8) is 0 Å². The normalized spacial score (nSPS) is 20.7. The van der Waals surface area contributed by atoms with Crippen molar-refractivity contribution < 1.29 is 0 Å². The van der Waals surface area contributed by atoms with Crippen molar-refractivity contribution in [2.45, 2.75) is 5.92 Å². The fourth-order valence-electron chi connectivity index (χ4n) is 1.61. The topological polar surface area (TPSA) is 38.4 Å². The van der Waals surface area contributed by atoms with E-state index in [9.17, 15) is 0 Å². The molecule has 1 aliphatic heterocycles. The third kappa shape index (κ3) is 1.46. The van der Waals surface area contributed by atoms with Crippen molar-refractivity contribution in [2.75, 3.05) is 0 Å². The summed E-state index contributed by atoms with van der Waals surface area (Å²) in [6, 6.07) is 10.1. The average molecular weight is 184 g/mol. The van der Waals surface area contributed by atoms with E-state index in [4.69, 9.17) is 5.73 Å². The summed E-state index contributed by atoms with van der Waals surface area (Å²) in [7, 11) is 0. The quantitative estimate of drug-likeness (QED) is 0.714. The van der Waals surface area contributed by atoms with Crippen LogP contribution in [0.5, 0.6) is 0 Å². The molecule has 0 amide bonds. The molecule has 70 valence electrons. The van der Waals surface area contributed by atoms with E-state index in [1.165, 1.54) is 0 Å². The molecule has 1 aliphatic rings. The minimum absolute atomic E-state index is 0.0428. The Labute approximate surface area is 83.5 Å². The summed E-state index contributed by atoms with van der Waals surface area (Å²) in [5, 5.41) is 0. The number of amidine groups is 1. The van der Waals surface area contributed by atoms with Gasteiger partial charge in [-0.25, -0.2) is 4.99 Å². The van der Waals surface area contributed by atoms with Crippen LogP contribution in [0.4, 0.5) is 0 Å². The van der Waals surface area contributed by atoms with Gasteiger partial charge in [0.1, 0.15) is 5.84 Å². The van der Waals surface area contributed by atoms with Gasteiger partial charge in [0.05, 0.1) is 5.92 Å². The molecule has 0 saturated heterocycles. The highest BCUT2D eigenvalue weighted by molar-refractivity contribution is 5.92. The molecule has 1 aromatic carbocycles. The third-order valence-electron chi connectivity index (χ3n) is 2.31. The van der Waals surface area contributed by atoms with E-state index in [1.807, 2.05) is 36.4 Å². The van der Waals surface area contributed by atoms with Crippen molar-refractivity contribution in [3.05, 3.63) is 60.3 Å². The summed E-state index contributed by atoms with van der Waals surface area (Å²) < 4.78 is 0. The maximum atomic E-state index is 5.84. The van der Waals surface area contributed by atoms with Crippen molar-refractivity contribution >= 4 is 5.84 Å². The van der Waals surface area contributed by atoms with Gasteiger partial charge in [-0.15, -0.1) is 0 Å². The van der Waals surface area contributed by atoms with E-state index in [2.05, 4.69) is 11.6 Å². The molecule has 1 atom stereocenters. The zero-order valence-corrected chi connectivity index (χ0v) is 7.85. The highest BCUT2D eigenvalue weighted by atomic mass is 14.9. The van der Waals surface area contributed by atoms with Crippen molar-refractivity contribution in [2.24, 2.45) is 10.7 Å². The highest BCUT2D eigenvalue weighted by Crippen LogP contribution is 2.26. The number of nitrogens with zero attached hydrogens (tertiary/aromatic N) is 1. The predicted octanol–water partition coefficient (Wildman–Crippen LogP) is 2.21. The largest absolute Gasteiger partial charge is 0.386 e. The van der Waals surface area contributed by atoms with Crippen LogP contribution in [0, 0.1) is 0 Å². The number of allylic oxidation sites excluding steroid dienone is 1. The molecule has 2 heteroatoms. The van der Waals surface area contributed by atoms with Crippen LogP contribution in [0.25, 0.3) is 0 Å². The molecule has 1 aromatic rings. The Kier molecular flexibility index (Phi) is 2.19. The Morgan fingerprint density at radius 2 is 1.93 bits per heavy atom. The lowest BCUT2D eigenvalue weighted by atomic mass is 9.90. The molecule has 14 heavy (non-hydrogen) atoms. The Morgan fingerprint density at radius 3 is 2.57 bits per heavy atom. The molecule has 0 fully saturated rings. The summed E-state index contributed by atoms with van der Waals surface area (Å²) in [5.41, 5.74) is 7.97. The van der Waals surface area contributed by atoms with E-state index in [0.717, 1.165) is 11.1 Å². The lowest BCUT2D eigenvalue weighted by Crippen LogP contribution is -2.24. The molecule has 1 unspecified atom stereocenters. The standard InChI is InChI=1S/C12H12N2/c1-9-7-8-14-12(13)11(9)10-5-3-2-4-6-10/h2-8,11H,1H2,(H2,13,14). The summed E-state index contributed by atoms with van der Waals surface area (Å²) in [6.45, 7) is 3.97. The van der Waals surface area contributed by atoms with Crippen LogP contribution in [0.2, 0.25) is 0 Å². The molecule has 0 bridgehead atoms. The lowest BCUT2D eigenvalue weighted by Gasteiger charge is -2.19. The van der Waals surface area contributed by atoms with Gasteiger partial charge in [-0.1, -0.05) is 36.9 Å². The molecule has 2 N–H and O–H groups in total. The smallest absolute Gasteiger partial charge is 0.111 e. The summed E-state index contributed by atoms with van der Waals surface area (Å²) in [5.74, 6) is 0.657. The SMILES string of the molecule is C=C1C=CN=C(N)C1c1ccccc1. The van der Waals surface area contributed by atoms with Crippen LogP contribution in [0.15, 0.2) is 59.8 Å². The molecule has 0 radical (unpaired) electrons. The van der Waals surface area contributed by atoms with E-state index in [-0.39, 0.29) is 5.92 Å². The zero-order chi connectivity index (χ0) is 9.97. The Hall–Kier alpha value is -1.83. The van der Waals surface area contributed by atoms with Gasteiger partial charge in [0.15, 0.2) is 0 Å². The Balaban J connectivity index is 2.40. The van der Waals surface area contributed by atoms with E-state index < -0.39 is 0 Å². The molecule has 0 aliphatic carbocycles. The second kappa shape index (κ2) is 3.50. The molecule has 0 spiro atoms. The highest BCUT2D eigenvalue weighted by Gasteiger charge is 2.19. The molecule has 2 rings (SSSR count). The zero-order valence-electron chi connectivity index (χ0n) is 7.85. The number of hydrogen-bond donors (Lipinski definition) is 1. The number of nitrogens with two attached hydrogens (primary N) is 1. The summed E-state index contributed by atoms with van der Waals surface area (Å²) in [4.78, 5) is 4.09. The van der Waals surface area contributed by atoms with Gasteiger partial charge >= 0.3 is 0 Å². The van der Waals surface area contributed by atoms with Gasteiger partial charge < -0.3 is 5.73 Å². The average Bonchev–Trinajstić information content (AvgIpc) is 2.19. The Bertz CT molecular complexity index is 402. The van der Waals surface area contributed by atoms with E-state index in [0.29, 0.717) is 5.84 Å². The maximum Gasteiger partial charge on any atom is 0.111 e. The van der Waals surface area contributed by atoms with Crippen molar-refractivity contribution in [1.29, 1.82) is 0 Å².